The van der Waals surface area contributed by atoms with E-state index in [1.165, 1.54) is 0 Å². The van der Waals surface area contributed by atoms with Crippen molar-refractivity contribution in [3.63, 3.8) is 0 Å². The molecule has 0 aromatic rings. The third-order valence-corrected chi connectivity index (χ3v) is 0. The van der Waals surface area contributed by atoms with Gasteiger partial charge in [-0.3, -0.25) is 0 Å². The van der Waals surface area contributed by atoms with E-state index in [2.05, 4.69) is 0 Å². The Kier molecular flexibility index (Phi) is 69.9. The van der Waals surface area contributed by atoms with Crippen molar-refractivity contribution in [1.82, 2.24) is 0 Å². The van der Waals surface area contributed by atoms with Crippen LogP contribution in [0.5, 0.6) is 0 Å². The fourth-order valence-corrected chi connectivity index (χ4v) is 0. The van der Waals surface area contributed by atoms with Gasteiger partial charge in [-0.1, -0.05) is 55.4 Å². The third-order valence-electron chi connectivity index (χ3n) is 0. The molecule has 0 heterocycles. The molecule has 0 saturated heterocycles. The van der Waals surface area contributed by atoms with Gasteiger partial charge in [0, 0.05) is 7.11 Å². The van der Waals surface area contributed by atoms with E-state index in [9.17, 15) is 20.4 Å². The first-order chi connectivity index (χ1) is 7.93. The second-order valence-electron chi connectivity index (χ2n) is 4.20. The van der Waals surface area contributed by atoms with Crippen molar-refractivity contribution in [1.29, 1.82) is 0 Å². The number of aliphatic hydroxyl groups is 1. The molecule has 0 bridgehead atoms. The van der Waals surface area contributed by atoms with Crippen LogP contribution in [0.1, 0.15) is 55.4 Å². The van der Waals surface area contributed by atoms with Gasteiger partial charge in [0.2, 0.25) is 0 Å². The summed E-state index contributed by atoms with van der Waals surface area (Å²) in [4.78, 5) is 0. The van der Waals surface area contributed by atoms with Crippen LogP contribution in [0.2, 0.25) is 0 Å². The van der Waals surface area contributed by atoms with Gasteiger partial charge >= 0.3 is 21.7 Å². The maximum absolute atomic E-state index is 9.53. The van der Waals surface area contributed by atoms with Crippen molar-refractivity contribution < 1.29 is 47.3 Å². The fourth-order valence-electron chi connectivity index (χ4n) is 0. The van der Waals surface area contributed by atoms with E-state index in [0.29, 0.717) is 0 Å². The van der Waals surface area contributed by atoms with Crippen molar-refractivity contribution in [3.8, 4) is 0 Å². The SMILES string of the molecule is CC(C)[O-].CC(C)[O-].CC(C)[O-].CC(C)[O-].CO.[Ti+4]. The Bertz CT molecular complexity index is 64.0. The quantitative estimate of drug-likeness (QED) is 0.554. The van der Waals surface area contributed by atoms with E-state index in [1.54, 1.807) is 55.4 Å². The van der Waals surface area contributed by atoms with E-state index in [0.717, 1.165) is 7.11 Å². The fraction of sp³-hybridized carbons (Fsp3) is 1.00. The molecule has 0 atom stereocenters. The zero-order chi connectivity index (χ0) is 16.3. The molecule has 118 valence electrons. The van der Waals surface area contributed by atoms with Crippen LogP contribution < -0.4 is 20.4 Å². The zero-order valence-electron chi connectivity index (χ0n) is 13.9. The van der Waals surface area contributed by atoms with Crippen LogP contribution in [0, 0.1) is 0 Å². The van der Waals surface area contributed by atoms with Crippen LogP contribution in [0.25, 0.3) is 0 Å². The number of rotatable bonds is 0. The van der Waals surface area contributed by atoms with E-state index in [4.69, 9.17) is 5.11 Å². The van der Waals surface area contributed by atoms with E-state index in [-0.39, 0.29) is 21.7 Å². The Morgan fingerprint density at radius 2 is 0.474 bits per heavy atom. The summed E-state index contributed by atoms with van der Waals surface area (Å²) in [5.41, 5.74) is 0. The van der Waals surface area contributed by atoms with E-state index >= 15 is 0 Å². The Hall–Kier alpha value is 0.514. The van der Waals surface area contributed by atoms with Crippen LogP contribution in [-0.4, -0.2) is 36.6 Å². The van der Waals surface area contributed by atoms with Gasteiger partial charge in [-0.15, -0.1) is 24.4 Å². The van der Waals surface area contributed by atoms with E-state index in [1.807, 2.05) is 0 Å². The Morgan fingerprint density at radius 3 is 0.474 bits per heavy atom. The third kappa shape index (κ3) is 19100. The molecule has 0 fully saturated rings. The average molecular weight is 316 g/mol. The topological polar surface area (TPSA) is 112 Å². The summed E-state index contributed by atoms with van der Waals surface area (Å²) in [6, 6.07) is 0. The standard InChI is InChI=1S/4C3H7O.CH4O.Ti/c4*1-3(2)4;1-2;/h4*3H,1-2H3;2H,1H3;/q4*-1;;+4. The molecule has 0 unspecified atom stereocenters. The van der Waals surface area contributed by atoms with Crippen molar-refractivity contribution in [2.75, 3.05) is 7.11 Å². The average Bonchev–Trinajstić information content (AvgIpc) is 2.01. The number of hydrogen-bond donors (Lipinski definition) is 1. The molecule has 0 amide bonds. The molecule has 0 aliphatic rings. The monoisotopic (exact) mass is 316 g/mol. The maximum Gasteiger partial charge on any atom is 4.00 e. The van der Waals surface area contributed by atoms with Crippen LogP contribution >= 0.6 is 0 Å². The van der Waals surface area contributed by atoms with Gasteiger partial charge in [0.05, 0.1) is 0 Å². The molecule has 0 aromatic heterocycles. The van der Waals surface area contributed by atoms with Gasteiger partial charge in [-0.05, 0) is 0 Å². The van der Waals surface area contributed by atoms with Gasteiger partial charge in [0.25, 0.3) is 0 Å². The van der Waals surface area contributed by atoms with E-state index < -0.39 is 24.4 Å². The summed E-state index contributed by atoms with van der Waals surface area (Å²) in [6.07, 6.45) is -1.67. The first-order valence-electron chi connectivity index (χ1n) is 6.01. The summed E-state index contributed by atoms with van der Waals surface area (Å²) >= 11 is 0. The number of hydrogen-bond acceptors (Lipinski definition) is 5. The molecule has 0 spiro atoms. The van der Waals surface area contributed by atoms with Crippen molar-refractivity contribution in [2.24, 2.45) is 0 Å². The summed E-state index contributed by atoms with van der Waals surface area (Å²) in [6.45, 7) is 12.9. The smallest absolute Gasteiger partial charge is 0.852 e. The van der Waals surface area contributed by atoms with Gasteiger partial charge in [0.1, 0.15) is 0 Å². The van der Waals surface area contributed by atoms with Crippen LogP contribution in [-0.2, 0) is 21.7 Å². The largest absolute Gasteiger partial charge is 4.00 e. The van der Waals surface area contributed by atoms with Crippen LogP contribution in [0.3, 0.4) is 0 Å². The van der Waals surface area contributed by atoms with Crippen molar-refractivity contribution in [2.45, 2.75) is 79.8 Å². The molecule has 0 radical (unpaired) electrons. The molecule has 5 nitrogen and oxygen atoms in total. The van der Waals surface area contributed by atoms with Gasteiger partial charge < -0.3 is 25.5 Å². The first-order valence-corrected chi connectivity index (χ1v) is 6.01. The predicted molar refractivity (Wildman–Crippen MR) is 68.7 cm³/mol. The molecular formula is C13H32O5Ti. The molecule has 6 heteroatoms. The molecule has 1 N–H and O–H groups in total. The molecule has 19 heavy (non-hydrogen) atoms. The minimum Gasteiger partial charge on any atom is -0.852 e. The van der Waals surface area contributed by atoms with Gasteiger partial charge in [0.15, 0.2) is 0 Å². The summed E-state index contributed by atoms with van der Waals surface area (Å²) < 4.78 is 0. The second-order valence-corrected chi connectivity index (χ2v) is 4.20. The summed E-state index contributed by atoms with van der Waals surface area (Å²) in [7, 11) is 1.00. The van der Waals surface area contributed by atoms with Gasteiger partial charge in [-0.25, -0.2) is 0 Å². The summed E-state index contributed by atoms with van der Waals surface area (Å²) in [5, 5.41) is 45.1. The Balaban J connectivity index is -0.0000000279. The summed E-state index contributed by atoms with van der Waals surface area (Å²) in [5.74, 6) is 0. The predicted octanol–water partition coefficient (Wildman–Crippen LogP) is -1.37. The van der Waals surface area contributed by atoms with Crippen LogP contribution in [0.15, 0.2) is 0 Å². The normalized spacial score (nSPS) is 7.89. The zero-order valence-corrected chi connectivity index (χ0v) is 15.5. The van der Waals surface area contributed by atoms with Crippen molar-refractivity contribution in [3.05, 3.63) is 0 Å². The second kappa shape index (κ2) is 36.3. The Morgan fingerprint density at radius 1 is 0.474 bits per heavy atom. The molecule has 0 rings (SSSR count). The van der Waals surface area contributed by atoms with Gasteiger partial charge in [-0.2, -0.15) is 0 Å². The minimum absolute atomic E-state index is 0. The minimum atomic E-state index is -0.417. The maximum atomic E-state index is 9.53. The molecule has 0 saturated carbocycles. The van der Waals surface area contributed by atoms with Crippen molar-refractivity contribution >= 4 is 0 Å². The number of aliphatic hydroxyl groups excluding tert-OH is 1. The molecule has 0 aliphatic carbocycles. The molecule has 0 aliphatic heterocycles. The van der Waals surface area contributed by atoms with Crippen LogP contribution in [0.4, 0.5) is 0 Å². The Labute approximate surface area is 134 Å². The molecular weight excluding hydrogens is 284 g/mol. The first kappa shape index (κ1) is 36.6. The molecule has 0 aromatic carbocycles.